The Kier molecular flexibility index (Phi) is 3.19. The molecule has 8 heteroatoms. The molecule has 0 spiro atoms. The Morgan fingerprint density at radius 1 is 1.24 bits per heavy atom. The SMILES string of the molecule is COc1cc(-c2noc(-c3ccc(N)c(F)c3)n2)ncn1. The first-order chi connectivity index (χ1) is 10.2. The largest absolute Gasteiger partial charge is 0.481 e. The Bertz CT molecular complexity index is 790. The van der Waals surface area contributed by atoms with Gasteiger partial charge in [0.1, 0.15) is 17.8 Å². The Labute approximate surface area is 118 Å². The summed E-state index contributed by atoms with van der Waals surface area (Å²) in [5, 5.41) is 3.80. The molecule has 2 heterocycles. The summed E-state index contributed by atoms with van der Waals surface area (Å²) in [6, 6.07) is 5.82. The third-order valence-electron chi connectivity index (χ3n) is 2.75. The number of anilines is 1. The number of rotatable bonds is 3. The molecule has 0 aliphatic heterocycles. The molecule has 0 fully saturated rings. The van der Waals surface area contributed by atoms with Gasteiger partial charge in [0.05, 0.1) is 12.8 Å². The fraction of sp³-hybridized carbons (Fsp3) is 0.0769. The first-order valence-corrected chi connectivity index (χ1v) is 5.93. The molecule has 0 amide bonds. The van der Waals surface area contributed by atoms with Crippen LogP contribution in [0.15, 0.2) is 35.1 Å². The van der Waals surface area contributed by atoms with Crippen LogP contribution in [0.2, 0.25) is 0 Å². The first kappa shape index (κ1) is 13.0. The summed E-state index contributed by atoms with van der Waals surface area (Å²) < 4.78 is 23.5. The molecular formula is C13H10FN5O2. The molecular weight excluding hydrogens is 277 g/mol. The van der Waals surface area contributed by atoms with Crippen LogP contribution < -0.4 is 10.5 Å². The fourth-order valence-electron chi connectivity index (χ4n) is 1.68. The van der Waals surface area contributed by atoms with Crippen LogP contribution in [0.1, 0.15) is 0 Å². The number of hydrogen-bond donors (Lipinski definition) is 1. The topological polar surface area (TPSA) is 100.0 Å². The van der Waals surface area contributed by atoms with Crippen molar-refractivity contribution in [3.63, 3.8) is 0 Å². The number of ether oxygens (including phenoxy) is 1. The van der Waals surface area contributed by atoms with Gasteiger partial charge < -0.3 is 15.0 Å². The van der Waals surface area contributed by atoms with Gasteiger partial charge in [0.25, 0.3) is 5.89 Å². The molecule has 0 saturated heterocycles. The van der Waals surface area contributed by atoms with E-state index >= 15 is 0 Å². The number of aromatic nitrogens is 4. The zero-order valence-electron chi connectivity index (χ0n) is 10.9. The second-order valence-electron chi connectivity index (χ2n) is 4.11. The lowest BCUT2D eigenvalue weighted by Crippen LogP contribution is -1.92. The van der Waals surface area contributed by atoms with Gasteiger partial charge in [-0.15, -0.1) is 0 Å². The molecule has 3 aromatic rings. The second kappa shape index (κ2) is 5.16. The van der Waals surface area contributed by atoms with E-state index in [2.05, 4.69) is 20.1 Å². The van der Waals surface area contributed by atoms with E-state index < -0.39 is 5.82 Å². The van der Waals surface area contributed by atoms with Gasteiger partial charge in [0, 0.05) is 11.6 Å². The zero-order chi connectivity index (χ0) is 14.8. The number of hydrogen-bond acceptors (Lipinski definition) is 7. The summed E-state index contributed by atoms with van der Waals surface area (Å²) in [5.74, 6) is 0.255. The van der Waals surface area contributed by atoms with Gasteiger partial charge in [-0.05, 0) is 18.2 Å². The van der Waals surface area contributed by atoms with Gasteiger partial charge in [0.15, 0.2) is 0 Å². The van der Waals surface area contributed by atoms with Crippen LogP contribution in [0.4, 0.5) is 10.1 Å². The zero-order valence-corrected chi connectivity index (χ0v) is 10.9. The Morgan fingerprint density at radius 3 is 2.86 bits per heavy atom. The highest BCUT2D eigenvalue weighted by molar-refractivity contribution is 5.60. The van der Waals surface area contributed by atoms with Crippen molar-refractivity contribution in [2.45, 2.75) is 0 Å². The number of methoxy groups -OCH3 is 1. The Balaban J connectivity index is 1.97. The predicted molar refractivity (Wildman–Crippen MR) is 71.7 cm³/mol. The van der Waals surface area contributed by atoms with Crippen molar-refractivity contribution in [2.75, 3.05) is 12.8 Å². The molecule has 0 bridgehead atoms. The lowest BCUT2D eigenvalue weighted by molar-refractivity contribution is 0.397. The van der Waals surface area contributed by atoms with Gasteiger partial charge in [0.2, 0.25) is 11.7 Å². The summed E-state index contributed by atoms with van der Waals surface area (Å²) >= 11 is 0. The van der Waals surface area contributed by atoms with Crippen molar-refractivity contribution in [3.05, 3.63) is 36.4 Å². The Morgan fingerprint density at radius 2 is 2.10 bits per heavy atom. The van der Waals surface area contributed by atoms with E-state index in [4.69, 9.17) is 15.0 Å². The number of halogens is 1. The number of nitrogens with zero attached hydrogens (tertiary/aromatic N) is 4. The molecule has 2 aromatic heterocycles. The second-order valence-corrected chi connectivity index (χ2v) is 4.11. The maximum atomic E-state index is 13.4. The maximum absolute atomic E-state index is 13.4. The van der Waals surface area contributed by atoms with Crippen molar-refractivity contribution < 1.29 is 13.7 Å². The minimum atomic E-state index is -0.545. The smallest absolute Gasteiger partial charge is 0.258 e. The molecule has 21 heavy (non-hydrogen) atoms. The lowest BCUT2D eigenvalue weighted by atomic mass is 10.2. The molecule has 0 aliphatic carbocycles. The quantitative estimate of drug-likeness (QED) is 0.734. The summed E-state index contributed by atoms with van der Waals surface area (Å²) in [4.78, 5) is 12.1. The third-order valence-corrected chi connectivity index (χ3v) is 2.75. The van der Waals surface area contributed by atoms with E-state index in [9.17, 15) is 4.39 Å². The van der Waals surface area contributed by atoms with E-state index in [0.717, 1.165) is 0 Å². The van der Waals surface area contributed by atoms with Crippen LogP contribution in [0.5, 0.6) is 5.88 Å². The maximum Gasteiger partial charge on any atom is 0.258 e. The van der Waals surface area contributed by atoms with Gasteiger partial charge in [-0.2, -0.15) is 4.98 Å². The van der Waals surface area contributed by atoms with Gasteiger partial charge in [-0.3, -0.25) is 0 Å². The average Bonchev–Trinajstić information content (AvgIpc) is 3.00. The molecule has 0 aliphatic rings. The van der Waals surface area contributed by atoms with E-state index in [1.54, 1.807) is 12.1 Å². The van der Waals surface area contributed by atoms with Crippen LogP contribution >= 0.6 is 0 Å². The number of nitrogens with two attached hydrogens (primary N) is 1. The van der Waals surface area contributed by atoms with Gasteiger partial charge in [-0.25, -0.2) is 14.4 Å². The van der Waals surface area contributed by atoms with E-state index in [-0.39, 0.29) is 17.4 Å². The normalized spacial score (nSPS) is 10.6. The molecule has 0 radical (unpaired) electrons. The highest BCUT2D eigenvalue weighted by Gasteiger charge is 2.13. The van der Waals surface area contributed by atoms with E-state index in [1.165, 1.54) is 25.6 Å². The fourth-order valence-corrected chi connectivity index (χ4v) is 1.68. The van der Waals surface area contributed by atoms with Crippen LogP contribution in [0, 0.1) is 5.82 Å². The van der Waals surface area contributed by atoms with Crippen LogP contribution in [0.25, 0.3) is 23.0 Å². The van der Waals surface area contributed by atoms with E-state index in [1.807, 2.05) is 0 Å². The van der Waals surface area contributed by atoms with Crippen LogP contribution in [0.3, 0.4) is 0 Å². The molecule has 3 rings (SSSR count). The van der Waals surface area contributed by atoms with Crippen molar-refractivity contribution in [3.8, 4) is 28.9 Å². The van der Waals surface area contributed by atoms with Crippen molar-refractivity contribution in [1.82, 2.24) is 20.1 Å². The molecule has 1 aromatic carbocycles. The van der Waals surface area contributed by atoms with Gasteiger partial charge >= 0.3 is 0 Å². The highest BCUT2D eigenvalue weighted by Crippen LogP contribution is 2.24. The first-order valence-electron chi connectivity index (χ1n) is 5.93. The van der Waals surface area contributed by atoms with Crippen molar-refractivity contribution in [2.24, 2.45) is 0 Å². The molecule has 0 atom stereocenters. The summed E-state index contributed by atoms with van der Waals surface area (Å²) in [7, 11) is 1.49. The van der Waals surface area contributed by atoms with Crippen molar-refractivity contribution in [1.29, 1.82) is 0 Å². The molecule has 2 N–H and O–H groups in total. The average molecular weight is 287 g/mol. The minimum Gasteiger partial charge on any atom is -0.481 e. The number of benzene rings is 1. The standard InChI is InChI=1S/C13H10FN5O2/c1-20-11-5-10(16-6-17-11)12-18-13(21-19-12)7-2-3-9(15)8(14)4-7/h2-6H,15H2,1H3. The summed E-state index contributed by atoms with van der Waals surface area (Å²) in [6.07, 6.45) is 1.33. The van der Waals surface area contributed by atoms with E-state index in [0.29, 0.717) is 17.1 Å². The minimum absolute atomic E-state index is 0.0547. The molecule has 0 unspecified atom stereocenters. The highest BCUT2D eigenvalue weighted by atomic mass is 19.1. The third kappa shape index (κ3) is 2.50. The van der Waals surface area contributed by atoms with Crippen LogP contribution in [-0.4, -0.2) is 27.2 Å². The Hall–Kier alpha value is -3.03. The molecule has 0 saturated carbocycles. The predicted octanol–water partition coefficient (Wildman–Crippen LogP) is 1.92. The lowest BCUT2D eigenvalue weighted by Gasteiger charge is -1.98. The summed E-state index contributed by atoms with van der Waals surface area (Å²) in [5.41, 5.74) is 6.35. The van der Waals surface area contributed by atoms with Crippen LogP contribution in [-0.2, 0) is 0 Å². The monoisotopic (exact) mass is 287 g/mol. The molecule has 106 valence electrons. The molecule has 7 nitrogen and oxygen atoms in total. The van der Waals surface area contributed by atoms with Gasteiger partial charge in [-0.1, -0.05) is 5.16 Å². The summed E-state index contributed by atoms with van der Waals surface area (Å²) in [6.45, 7) is 0. The number of nitrogen functional groups attached to an aromatic ring is 1. The van der Waals surface area contributed by atoms with Crippen molar-refractivity contribution >= 4 is 5.69 Å².